The maximum atomic E-state index is 12.4. The first-order chi connectivity index (χ1) is 12.0. The van der Waals surface area contributed by atoms with E-state index >= 15 is 0 Å². The summed E-state index contributed by atoms with van der Waals surface area (Å²) < 4.78 is 0. The van der Waals surface area contributed by atoms with Crippen LogP contribution in [-0.2, 0) is 11.2 Å². The van der Waals surface area contributed by atoms with Crippen LogP contribution < -0.4 is 4.90 Å². The highest BCUT2D eigenvalue weighted by Crippen LogP contribution is 2.17. The van der Waals surface area contributed by atoms with Crippen LogP contribution in [0.4, 0.5) is 11.5 Å². The van der Waals surface area contributed by atoms with E-state index in [4.69, 9.17) is 0 Å². The molecule has 0 aliphatic carbocycles. The van der Waals surface area contributed by atoms with Gasteiger partial charge in [0, 0.05) is 32.2 Å². The molecule has 0 atom stereocenters. The van der Waals surface area contributed by atoms with Crippen molar-refractivity contribution in [2.45, 2.75) is 13.3 Å². The quantitative estimate of drug-likeness (QED) is 0.630. The van der Waals surface area contributed by atoms with Gasteiger partial charge in [-0.2, -0.15) is 0 Å². The Morgan fingerprint density at radius 3 is 2.36 bits per heavy atom. The summed E-state index contributed by atoms with van der Waals surface area (Å²) in [5.74, 6) is 0.830. The number of hydrogen-bond donors (Lipinski definition) is 0. The van der Waals surface area contributed by atoms with Gasteiger partial charge in [0.2, 0.25) is 5.91 Å². The van der Waals surface area contributed by atoms with E-state index in [9.17, 15) is 14.9 Å². The molecule has 2 aromatic rings. The van der Waals surface area contributed by atoms with Gasteiger partial charge in [-0.3, -0.25) is 14.9 Å². The summed E-state index contributed by atoms with van der Waals surface area (Å²) in [6, 6.07) is 11.1. The van der Waals surface area contributed by atoms with Crippen LogP contribution in [0.15, 0.2) is 42.6 Å². The average molecular weight is 340 g/mol. The molecule has 0 unspecified atom stereocenters. The number of piperazine rings is 1. The minimum absolute atomic E-state index is 0.0179. The molecule has 0 radical (unpaired) electrons. The van der Waals surface area contributed by atoms with Crippen molar-refractivity contribution in [3.63, 3.8) is 0 Å². The van der Waals surface area contributed by atoms with Crippen LogP contribution in [-0.4, -0.2) is 46.9 Å². The number of carbonyl (C=O) groups excluding carboxylic acids is 1. The molecule has 1 saturated heterocycles. The van der Waals surface area contributed by atoms with Gasteiger partial charge >= 0.3 is 0 Å². The lowest BCUT2D eigenvalue weighted by molar-refractivity contribution is -0.385. The Morgan fingerprint density at radius 2 is 1.80 bits per heavy atom. The standard InChI is InChI=1S/C18H20N4O3/c1-14-2-4-15(5-3-14)12-18(23)21-10-8-20(9-11-21)17-7-6-16(13-19-17)22(24)25/h2-7,13H,8-12H2,1H3. The number of aromatic nitrogens is 1. The zero-order valence-corrected chi connectivity index (χ0v) is 14.1. The molecule has 25 heavy (non-hydrogen) atoms. The van der Waals surface area contributed by atoms with Crippen molar-refractivity contribution in [1.29, 1.82) is 0 Å². The molecule has 1 aliphatic rings. The number of nitrogens with zero attached hydrogens (tertiary/aromatic N) is 4. The number of nitro groups is 1. The molecule has 0 bridgehead atoms. The van der Waals surface area contributed by atoms with Crippen molar-refractivity contribution < 1.29 is 9.72 Å². The van der Waals surface area contributed by atoms with Gasteiger partial charge in [0.25, 0.3) is 5.69 Å². The molecule has 0 saturated carbocycles. The Morgan fingerprint density at radius 1 is 1.12 bits per heavy atom. The Kier molecular flexibility index (Phi) is 4.92. The Labute approximate surface area is 146 Å². The largest absolute Gasteiger partial charge is 0.353 e. The number of carbonyl (C=O) groups is 1. The van der Waals surface area contributed by atoms with Crippen LogP contribution in [0.1, 0.15) is 11.1 Å². The topological polar surface area (TPSA) is 79.6 Å². The molecule has 7 nitrogen and oxygen atoms in total. The second kappa shape index (κ2) is 7.29. The third kappa shape index (κ3) is 4.12. The molecule has 1 aromatic heterocycles. The number of rotatable bonds is 4. The number of amides is 1. The highest BCUT2D eigenvalue weighted by atomic mass is 16.6. The first-order valence-corrected chi connectivity index (χ1v) is 8.21. The fourth-order valence-corrected chi connectivity index (χ4v) is 2.85. The Bertz CT molecular complexity index is 751. The number of anilines is 1. The lowest BCUT2D eigenvalue weighted by atomic mass is 10.1. The van der Waals surface area contributed by atoms with Crippen LogP contribution in [0.3, 0.4) is 0 Å². The molecular weight excluding hydrogens is 320 g/mol. The summed E-state index contributed by atoms with van der Waals surface area (Å²) in [5, 5.41) is 10.7. The SMILES string of the molecule is Cc1ccc(CC(=O)N2CCN(c3ccc([N+](=O)[O-])cn3)CC2)cc1. The fourth-order valence-electron chi connectivity index (χ4n) is 2.85. The van der Waals surface area contributed by atoms with Crippen molar-refractivity contribution in [3.8, 4) is 0 Å². The van der Waals surface area contributed by atoms with Crippen molar-refractivity contribution in [3.05, 3.63) is 63.8 Å². The van der Waals surface area contributed by atoms with Crippen molar-refractivity contribution >= 4 is 17.4 Å². The molecular formula is C18H20N4O3. The molecule has 7 heteroatoms. The Balaban J connectivity index is 1.55. The van der Waals surface area contributed by atoms with E-state index in [2.05, 4.69) is 4.98 Å². The number of aryl methyl sites for hydroxylation is 1. The monoisotopic (exact) mass is 340 g/mol. The molecule has 3 rings (SSSR count). The summed E-state index contributed by atoms with van der Waals surface area (Å²) in [5.41, 5.74) is 2.19. The molecule has 1 amide bonds. The number of hydrogen-bond acceptors (Lipinski definition) is 5. The maximum absolute atomic E-state index is 12.4. The molecule has 1 fully saturated rings. The summed E-state index contributed by atoms with van der Waals surface area (Å²) in [7, 11) is 0. The number of pyridine rings is 1. The van der Waals surface area contributed by atoms with E-state index < -0.39 is 4.92 Å². The predicted octanol–water partition coefficient (Wildman–Crippen LogP) is 2.19. The number of benzene rings is 1. The summed E-state index contributed by atoms with van der Waals surface area (Å²) in [6.45, 7) is 4.62. The lowest BCUT2D eigenvalue weighted by Gasteiger charge is -2.35. The molecule has 0 N–H and O–H groups in total. The first-order valence-electron chi connectivity index (χ1n) is 8.21. The van der Waals surface area contributed by atoms with E-state index in [-0.39, 0.29) is 11.6 Å². The highest BCUT2D eigenvalue weighted by molar-refractivity contribution is 5.79. The minimum Gasteiger partial charge on any atom is -0.353 e. The van der Waals surface area contributed by atoms with Gasteiger partial charge in [-0.25, -0.2) is 4.98 Å². The molecule has 1 aromatic carbocycles. The molecule has 2 heterocycles. The third-order valence-electron chi connectivity index (χ3n) is 4.38. The van der Waals surface area contributed by atoms with Gasteiger partial charge < -0.3 is 9.80 Å². The van der Waals surface area contributed by atoms with Crippen LogP contribution in [0.5, 0.6) is 0 Å². The van der Waals surface area contributed by atoms with E-state index in [1.165, 1.54) is 17.8 Å². The smallest absolute Gasteiger partial charge is 0.287 e. The lowest BCUT2D eigenvalue weighted by Crippen LogP contribution is -2.49. The van der Waals surface area contributed by atoms with E-state index in [1.54, 1.807) is 6.07 Å². The normalized spacial score (nSPS) is 14.4. The average Bonchev–Trinajstić information content (AvgIpc) is 2.64. The van der Waals surface area contributed by atoms with E-state index in [1.807, 2.05) is 41.0 Å². The van der Waals surface area contributed by atoms with E-state index in [0.29, 0.717) is 38.4 Å². The van der Waals surface area contributed by atoms with E-state index in [0.717, 1.165) is 5.56 Å². The second-order valence-corrected chi connectivity index (χ2v) is 6.16. The summed E-state index contributed by atoms with van der Waals surface area (Å²) in [6.07, 6.45) is 1.68. The van der Waals surface area contributed by atoms with Gasteiger partial charge in [-0.1, -0.05) is 29.8 Å². The van der Waals surface area contributed by atoms with Crippen LogP contribution >= 0.6 is 0 Å². The Hall–Kier alpha value is -2.96. The summed E-state index contributed by atoms with van der Waals surface area (Å²) >= 11 is 0. The maximum Gasteiger partial charge on any atom is 0.287 e. The zero-order chi connectivity index (χ0) is 17.8. The van der Waals surface area contributed by atoms with Crippen LogP contribution in [0, 0.1) is 17.0 Å². The van der Waals surface area contributed by atoms with Gasteiger partial charge in [0.1, 0.15) is 12.0 Å². The molecule has 1 aliphatic heterocycles. The summed E-state index contributed by atoms with van der Waals surface area (Å²) in [4.78, 5) is 30.7. The van der Waals surface area contributed by atoms with Gasteiger partial charge in [-0.05, 0) is 18.6 Å². The zero-order valence-electron chi connectivity index (χ0n) is 14.1. The van der Waals surface area contributed by atoms with Crippen molar-refractivity contribution in [2.24, 2.45) is 0 Å². The van der Waals surface area contributed by atoms with Crippen LogP contribution in [0.25, 0.3) is 0 Å². The minimum atomic E-state index is -0.460. The first kappa shape index (κ1) is 16.9. The molecule has 130 valence electrons. The predicted molar refractivity (Wildman–Crippen MR) is 94.6 cm³/mol. The third-order valence-corrected chi connectivity index (χ3v) is 4.38. The van der Waals surface area contributed by atoms with Gasteiger partial charge in [-0.15, -0.1) is 0 Å². The molecule has 0 spiro atoms. The van der Waals surface area contributed by atoms with Crippen LogP contribution in [0.2, 0.25) is 0 Å². The van der Waals surface area contributed by atoms with Crippen molar-refractivity contribution in [1.82, 2.24) is 9.88 Å². The fraction of sp³-hybridized carbons (Fsp3) is 0.333. The van der Waals surface area contributed by atoms with Crippen molar-refractivity contribution in [2.75, 3.05) is 31.1 Å². The van der Waals surface area contributed by atoms with Gasteiger partial charge in [0.15, 0.2) is 0 Å². The second-order valence-electron chi connectivity index (χ2n) is 6.16. The van der Waals surface area contributed by atoms with Gasteiger partial charge in [0.05, 0.1) is 11.3 Å². The highest BCUT2D eigenvalue weighted by Gasteiger charge is 2.22.